The van der Waals surface area contributed by atoms with E-state index in [4.69, 9.17) is 5.11 Å². The SMILES string of the molecule is CCCC[C@H](NC(=O)c1nc2cccnc2s1)C(=O)O. The summed E-state index contributed by atoms with van der Waals surface area (Å²) in [5.41, 5.74) is 0.642. The molecule has 0 saturated carbocycles. The van der Waals surface area contributed by atoms with Crippen LogP contribution in [0.2, 0.25) is 0 Å². The zero-order chi connectivity index (χ0) is 14.5. The number of amides is 1. The number of hydrogen-bond donors (Lipinski definition) is 2. The lowest BCUT2D eigenvalue weighted by Crippen LogP contribution is -2.40. The number of nitrogens with one attached hydrogen (secondary N) is 1. The van der Waals surface area contributed by atoms with E-state index in [0.29, 0.717) is 16.8 Å². The number of thiazole rings is 1. The molecule has 0 unspecified atom stereocenters. The van der Waals surface area contributed by atoms with E-state index >= 15 is 0 Å². The third-order valence-corrected chi connectivity index (χ3v) is 3.79. The van der Waals surface area contributed by atoms with E-state index in [2.05, 4.69) is 15.3 Å². The summed E-state index contributed by atoms with van der Waals surface area (Å²) in [5, 5.41) is 11.8. The summed E-state index contributed by atoms with van der Waals surface area (Å²) in [6.07, 6.45) is 3.67. The molecule has 0 bridgehead atoms. The Morgan fingerprint density at radius 2 is 2.30 bits per heavy atom. The summed E-state index contributed by atoms with van der Waals surface area (Å²) in [6, 6.07) is 2.63. The van der Waals surface area contributed by atoms with Crippen molar-refractivity contribution in [1.82, 2.24) is 15.3 Å². The van der Waals surface area contributed by atoms with Crippen LogP contribution >= 0.6 is 11.3 Å². The van der Waals surface area contributed by atoms with Gasteiger partial charge in [0.1, 0.15) is 16.4 Å². The molecule has 6 nitrogen and oxygen atoms in total. The van der Waals surface area contributed by atoms with E-state index in [1.165, 1.54) is 0 Å². The fourth-order valence-corrected chi connectivity index (χ4v) is 2.56. The van der Waals surface area contributed by atoms with Crippen LogP contribution in [0.3, 0.4) is 0 Å². The number of aromatic nitrogens is 2. The Bertz CT molecular complexity index is 593. The fourth-order valence-electron chi connectivity index (χ4n) is 1.75. The van der Waals surface area contributed by atoms with Crippen LogP contribution in [0.5, 0.6) is 0 Å². The number of carbonyl (C=O) groups excluding carboxylic acids is 1. The largest absolute Gasteiger partial charge is 0.480 e. The first-order valence-electron chi connectivity index (χ1n) is 6.37. The molecule has 0 fully saturated rings. The van der Waals surface area contributed by atoms with E-state index in [9.17, 15) is 9.59 Å². The molecule has 0 spiro atoms. The van der Waals surface area contributed by atoms with Crippen molar-refractivity contribution in [3.8, 4) is 0 Å². The lowest BCUT2D eigenvalue weighted by Gasteiger charge is -2.12. The maximum absolute atomic E-state index is 12.0. The van der Waals surface area contributed by atoms with Crippen LogP contribution in [0.25, 0.3) is 10.3 Å². The van der Waals surface area contributed by atoms with E-state index in [1.807, 2.05) is 6.92 Å². The molecule has 2 aromatic rings. The van der Waals surface area contributed by atoms with Crippen molar-refractivity contribution in [2.45, 2.75) is 32.2 Å². The Hall–Kier alpha value is -2.02. The van der Waals surface area contributed by atoms with E-state index in [1.54, 1.807) is 18.3 Å². The lowest BCUT2D eigenvalue weighted by atomic mass is 10.1. The summed E-state index contributed by atoms with van der Waals surface area (Å²) in [4.78, 5) is 32.1. The summed E-state index contributed by atoms with van der Waals surface area (Å²) < 4.78 is 0. The predicted octanol–water partition coefficient (Wildman–Crippen LogP) is 2.06. The Balaban J connectivity index is 2.11. The average molecular weight is 293 g/mol. The molecule has 0 aliphatic heterocycles. The minimum atomic E-state index is -1.02. The van der Waals surface area contributed by atoms with Gasteiger partial charge in [-0.3, -0.25) is 4.79 Å². The molecule has 0 aliphatic rings. The van der Waals surface area contributed by atoms with Gasteiger partial charge in [0.15, 0.2) is 5.01 Å². The Labute approximate surface area is 119 Å². The zero-order valence-electron chi connectivity index (χ0n) is 11.0. The number of nitrogens with zero attached hydrogens (tertiary/aromatic N) is 2. The number of rotatable bonds is 6. The van der Waals surface area contributed by atoms with Gasteiger partial charge in [0.2, 0.25) is 0 Å². The van der Waals surface area contributed by atoms with E-state index < -0.39 is 17.9 Å². The highest BCUT2D eigenvalue weighted by Gasteiger charge is 2.22. The minimum Gasteiger partial charge on any atom is -0.480 e. The first-order valence-corrected chi connectivity index (χ1v) is 7.18. The van der Waals surface area contributed by atoms with Crippen LogP contribution < -0.4 is 5.32 Å². The van der Waals surface area contributed by atoms with Gasteiger partial charge in [-0.05, 0) is 18.6 Å². The molecule has 0 aliphatic carbocycles. The van der Waals surface area contributed by atoms with Crippen molar-refractivity contribution < 1.29 is 14.7 Å². The summed E-state index contributed by atoms with van der Waals surface area (Å²) in [7, 11) is 0. The van der Waals surface area contributed by atoms with Crippen LogP contribution in [0.15, 0.2) is 18.3 Å². The van der Waals surface area contributed by atoms with Crippen LogP contribution in [0.1, 0.15) is 36.0 Å². The van der Waals surface area contributed by atoms with E-state index in [-0.39, 0.29) is 5.01 Å². The van der Waals surface area contributed by atoms with Crippen molar-refractivity contribution in [1.29, 1.82) is 0 Å². The smallest absolute Gasteiger partial charge is 0.326 e. The molecule has 106 valence electrons. The number of aliphatic carboxylic acids is 1. The summed E-state index contributed by atoms with van der Waals surface area (Å²) in [6.45, 7) is 1.97. The third-order valence-electron chi connectivity index (χ3n) is 2.81. The van der Waals surface area contributed by atoms with Crippen molar-refractivity contribution in [2.24, 2.45) is 0 Å². The number of carbonyl (C=O) groups is 2. The number of fused-ring (bicyclic) bond motifs is 1. The highest BCUT2D eigenvalue weighted by Crippen LogP contribution is 2.19. The Kier molecular flexibility index (Phi) is 4.62. The number of hydrogen-bond acceptors (Lipinski definition) is 5. The number of carboxylic acid groups (broad SMARTS) is 1. The third kappa shape index (κ3) is 3.30. The molecule has 2 heterocycles. The number of unbranched alkanes of at least 4 members (excludes halogenated alkanes) is 1. The molecule has 7 heteroatoms. The summed E-state index contributed by atoms with van der Waals surface area (Å²) in [5.74, 6) is -1.48. The first-order chi connectivity index (χ1) is 9.61. The van der Waals surface area contributed by atoms with Crippen molar-refractivity contribution >= 4 is 33.6 Å². The number of pyridine rings is 1. The van der Waals surface area contributed by atoms with Gasteiger partial charge in [-0.2, -0.15) is 0 Å². The van der Waals surface area contributed by atoms with Crippen molar-refractivity contribution in [2.75, 3.05) is 0 Å². The molecule has 1 atom stereocenters. The first kappa shape index (κ1) is 14.4. The summed E-state index contributed by atoms with van der Waals surface area (Å²) >= 11 is 1.16. The van der Waals surface area contributed by atoms with Gasteiger partial charge in [0.25, 0.3) is 5.91 Å². The van der Waals surface area contributed by atoms with Gasteiger partial charge in [-0.1, -0.05) is 31.1 Å². The molecule has 2 rings (SSSR count). The van der Waals surface area contributed by atoms with Gasteiger partial charge >= 0.3 is 5.97 Å². The average Bonchev–Trinajstić information content (AvgIpc) is 2.86. The van der Waals surface area contributed by atoms with Crippen LogP contribution in [0.4, 0.5) is 0 Å². The van der Waals surface area contributed by atoms with Crippen molar-refractivity contribution in [3.63, 3.8) is 0 Å². The second kappa shape index (κ2) is 6.42. The van der Waals surface area contributed by atoms with Crippen LogP contribution in [-0.4, -0.2) is 33.0 Å². The normalized spacial score (nSPS) is 12.2. The highest BCUT2D eigenvalue weighted by atomic mass is 32.1. The zero-order valence-corrected chi connectivity index (χ0v) is 11.8. The fraction of sp³-hybridized carbons (Fsp3) is 0.385. The maximum Gasteiger partial charge on any atom is 0.326 e. The van der Waals surface area contributed by atoms with Gasteiger partial charge in [-0.15, -0.1) is 0 Å². The molecule has 0 radical (unpaired) electrons. The van der Waals surface area contributed by atoms with E-state index in [0.717, 1.165) is 24.2 Å². The van der Waals surface area contributed by atoms with Gasteiger partial charge < -0.3 is 10.4 Å². The molecule has 2 N–H and O–H groups in total. The van der Waals surface area contributed by atoms with Gasteiger partial charge in [0, 0.05) is 6.20 Å². The minimum absolute atomic E-state index is 0.237. The monoisotopic (exact) mass is 293 g/mol. The predicted molar refractivity (Wildman–Crippen MR) is 75.8 cm³/mol. The topological polar surface area (TPSA) is 92.2 Å². The van der Waals surface area contributed by atoms with Crippen LogP contribution in [0, 0.1) is 0 Å². The molecular weight excluding hydrogens is 278 g/mol. The van der Waals surface area contributed by atoms with Gasteiger partial charge in [-0.25, -0.2) is 14.8 Å². The standard InChI is InChI=1S/C13H15N3O3S/c1-2-3-5-9(13(18)19)15-10(17)12-16-8-6-4-7-14-11(8)20-12/h4,6-7,9H,2-3,5H2,1H3,(H,15,17)(H,18,19)/t9-/m0/s1. The van der Waals surface area contributed by atoms with Gasteiger partial charge in [0.05, 0.1) is 0 Å². The van der Waals surface area contributed by atoms with Crippen LogP contribution in [-0.2, 0) is 4.79 Å². The molecule has 0 aromatic carbocycles. The maximum atomic E-state index is 12.0. The number of carboxylic acids is 1. The quantitative estimate of drug-likeness (QED) is 0.850. The molecule has 0 saturated heterocycles. The highest BCUT2D eigenvalue weighted by molar-refractivity contribution is 7.19. The molecule has 2 aromatic heterocycles. The second-order valence-corrected chi connectivity index (χ2v) is 5.33. The van der Waals surface area contributed by atoms with Crippen molar-refractivity contribution in [3.05, 3.63) is 23.3 Å². The molecule has 20 heavy (non-hydrogen) atoms. The lowest BCUT2D eigenvalue weighted by molar-refractivity contribution is -0.139. The molecule has 1 amide bonds. The molecular formula is C13H15N3O3S. The Morgan fingerprint density at radius 1 is 1.50 bits per heavy atom. The Morgan fingerprint density at radius 3 is 2.95 bits per heavy atom. The second-order valence-electron chi connectivity index (χ2n) is 4.35.